The van der Waals surface area contributed by atoms with Gasteiger partial charge in [0.05, 0.1) is 11.7 Å². The van der Waals surface area contributed by atoms with Crippen molar-refractivity contribution in [3.05, 3.63) is 63.1 Å². The van der Waals surface area contributed by atoms with Crippen LogP contribution >= 0.6 is 11.3 Å². The molecular formula is C25H28N4OS. The van der Waals surface area contributed by atoms with Crippen molar-refractivity contribution in [1.82, 2.24) is 19.9 Å². The van der Waals surface area contributed by atoms with E-state index in [1.807, 2.05) is 6.07 Å². The van der Waals surface area contributed by atoms with Gasteiger partial charge in [0.1, 0.15) is 4.83 Å². The van der Waals surface area contributed by atoms with Crippen LogP contribution in [0.15, 0.2) is 41.6 Å². The Bertz CT molecular complexity index is 1290. The number of rotatable bonds is 5. The van der Waals surface area contributed by atoms with Crippen molar-refractivity contribution in [3.63, 3.8) is 0 Å². The minimum absolute atomic E-state index is 0.129. The van der Waals surface area contributed by atoms with E-state index >= 15 is 0 Å². The number of aryl methyl sites for hydroxylation is 3. The van der Waals surface area contributed by atoms with E-state index in [0.29, 0.717) is 18.6 Å². The summed E-state index contributed by atoms with van der Waals surface area (Å²) >= 11 is 1.73. The fourth-order valence-corrected chi connectivity index (χ4v) is 6.77. The zero-order valence-electron chi connectivity index (χ0n) is 17.7. The summed E-state index contributed by atoms with van der Waals surface area (Å²) in [6, 6.07) is 9.57. The summed E-state index contributed by atoms with van der Waals surface area (Å²) in [5, 5.41) is 5.99. The van der Waals surface area contributed by atoms with Crippen LogP contribution in [0.25, 0.3) is 21.1 Å². The van der Waals surface area contributed by atoms with Gasteiger partial charge in [0.25, 0.3) is 5.56 Å². The third-order valence-corrected chi connectivity index (χ3v) is 8.32. The van der Waals surface area contributed by atoms with Crippen LogP contribution in [0.5, 0.6) is 0 Å². The molecular weight excluding hydrogens is 404 g/mol. The number of nitrogens with zero attached hydrogens (tertiary/aromatic N) is 2. The number of para-hydroxylation sites is 1. The summed E-state index contributed by atoms with van der Waals surface area (Å²) < 4.78 is 1.81. The lowest BCUT2D eigenvalue weighted by molar-refractivity contribution is 0.399. The molecule has 2 N–H and O–H groups in total. The molecule has 1 fully saturated rings. The lowest BCUT2D eigenvalue weighted by Crippen LogP contribution is -2.40. The molecule has 4 aromatic rings. The molecule has 6 heteroatoms. The fraction of sp³-hybridized carbons (Fsp3) is 0.440. The molecule has 2 aliphatic rings. The normalized spacial score (nSPS) is 19.4. The number of nitrogens with one attached hydrogen (secondary N) is 2. The van der Waals surface area contributed by atoms with Crippen molar-refractivity contribution in [1.29, 1.82) is 0 Å². The summed E-state index contributed by atoms with van der Waals surface area (Å²) in [4.78, 5) is 23.7. The first kappa shape index (κ1) is 19.3. The van der Waals surface area contributed by atoms with Crippen molar-refractivity contribution in [2.45, 2.75) is 70.0 Å². The summed E-state index contributed by atoms with van der Waals surface area (Å²) in [5.74, 6) is 0. The van der Waals surface area contributed by atoms with Gasteiger partial charge >= 0.3 is 0 Å². The predicted molar refractivity (Wildman–Crippen MR) is 127 cm³/mol. The van der Waals surface area contributed by atoms with Crippen molar-refractivity contribution in [2.75, 3.05) is 0 Å². The highest BCUT2D eigenvalue weighted by Gasteiger charge is 2.27. The lowest BCUT2D eigenvalue weighted by atomic mass is 9.92. The molecule has 3 aromatic heterocycles. The van der Waals surface area contributed by atoms with E-state index in [1.165, 1.54) is 47.1 Å². The number of fused-ring (bicyclic) bond motifs is 4. The van der Waals surface area contributed by atoms with E-state index in [9.17, 15) is 4.79 Å². The number of H-pyrrole nitrogens is 1. The Morgan fingerprint density at radius 3 is 2.94 bits per heavy atom. The first-order valence-electron chi connectivity index (χ1n) is 11.6. The molecule has 6 rings (SSSR count). The molecule has 1 unspecified atom stereocenters. The molecule has 0 amide bonds. The molecule has 160 valence electrons. The zero-order chi connectivity index (χ0) is 20.8. The number of hydrogen-bond donors (Lipinski definition) is 2. The maximum atomic E-state index is 13.4. The fourth-order valence-electron chi connectivity index (χ4n) is 5.51. The molecule has 0 spiro atoms. The number of aromatic nitrogens is 3. The number of thiophene rings is 1. The Morgan fingerprint density at radius 1 is 1.16 bits per heavy atom. The minimum Gasteiger partial charge on any atom is -0.361 e. The van der Waals surface area contributed by atoms with Crippen molar-refractivity contribution < 1.29 is 0 Å². The molecule has 0 bridgehead atoms. The van der Waals surface area contributed by atoms with Gasteiger partial charge in [-0.25, -0.2) is 4.98 Å². The Morgan fingerprint density at radius 2 is 2.03 bits per heavy atom. The predicted octanol–water partition coefficient (Wildman–Crippen LogP) is 4.57. The molecule has 2 aliphatic carbocycles. The summed E-state index contributed by atoms with van der Waals surface area (Å²) in [5.41, 5.74) is 3.79. The van der Waals surface area contributed by atoms with Gasteiger partial charge in [-0.05, 0) is 55.7 Å². The van der Waals surface area contributed by atoms with Crippen LogP contribution in [-0.2, 0) is 25.8 Å². The first-order valence-corrected chi connectivity index (χ1v) is 12.4. The zero-order valence-corrected chi connectivity index (χ0v) is 18.5. The monoisotopic (exact) mass is 432 g/mol. The Balaban J connectivity index is 1.24. The topological polar surface area (TPSA) is 62.7 Å². The lowest BCUT2D eigenvalue weighted by Gasteiger charge is -2.26. The van der Waals surface area contributed by atoms with E-state index < -0.39 is 0 Å². The van der Waals surface area contributed by atoms with Gasteiger partial charge in [0.15, 0.2) is 0 Å². The number of hydrogen-bond acceptors (Lipinski definition) is 4. The van der Waals surface area contributed by atoms with Gasteiger partial charge in [-0.3, -0.25) is 9.36 Å². The Hall–Kier alpha value is -2.44. The second kappa shape index (κ2) is 7.92. The molecule has 1 saturated carbocycles. The van der Waals surface area contributed by atoms with Crippen LogP contribution in [0, 0.1) is 0 Å². The molecule has 31 heavy (non-hydrogen) atoms. The van der Waals surface area contributed by atoms with Crippen molar-refractivity contribution in [2.24, 2.45) is 0 Å². The molecule has 0 aliphatic heterocycles. The highest BCUT2D eigenvalue weighted by atomic mass is 32.1. The summed E-state index contributed by atoms with van der Waals surface area (Å²) in [7, 11) is 0. The van der Waals surface area contributed by atoms with Crippen LogP contribution in [0.4, 0.5) is 0 Å². The molecule has 3 heterocycles. The maximum Gasteiger partial charge on any atom is 0.262 e. The second-order valence-corrected chi connectivity index (χ2v) is 10.2. The number of benzene rings is 1. The molecule has 1 atom stereocenters. The molecule has 1 aromatic carbocycles. The Labute approximate surface area is 185 Å². The quantitative estimate of drug-likeness (QED) is 0.486. The Kier molecular flexibility index (Phi) is 4.92. The van der Waals surface area contributed by atoms with Crippen molar-refractivity contribution >= 4 is 32.5 Å². The van der Waals surface area contributed by atoms with Gasteiger partial charge in [-0.15, -0.1) is 11.3 Å². The van der Waals surface area contributed by atoms with Gasteiger partial charge in [-0.1, -0.05) is 31.0 Å². The van der Waals surface area contributed by atoms with Crippen LogP contribution in [-0.4, -0.2) is 26.6 Å². The van der Waals surface area contributed by atoms with E-state index in [4.69, 9.17) is 4.98 Å². The third kappa shape index (κ3) is 3.52. The minimum atomic E-state index is 0.129. The smallest absolute Gasteiger partial charge is 0.262 e. The standard InChI is InChI=1S/C25H28N4OS/c30-25-23-20-10-9-18(28-17-5-1-2-6-17)13-22(20)31-24(23)27-15-29(25)12-11-16-14-26-21-8-4-3-7-19(16)21/h3-4,7-8,14-15,17-18,26,28H,1-2,5-6,9-13H2. The van der Waals surface area contributed by atoms with Gasteiger partial charge in [0, 0.05) is 40.6 Å². The van der Waals surface area contributed by atoms with Crippen LogP contribution in [0.3, 0.4) is 0 Å². The molecule has 0 saturated heterocycles. The number of aromatic amines is 1. The maximum absolute atomic E-state index is 13.4. The van der Waals surface area contributed by atoms with E-state index in [1.54, 1.807) is 22.2 Å². The van der Waals surface area contributed by atoms with E-state index in [-0.39, 0.29) is 5.56 Å². The largest absolute Gasteiger partial charge is 0.361 e. The average molecular weight is 433 g/mol. The highest BCUT2D eigenvalue weighted by molar-refractivity contribution is 7.18. The van der Waals surface area contributed by atoms with Crippen LogP contribution < -0.4 is 10.9 Å². The first-order chi connectivity index (χ1) is 15.3. The van der Waals surface area contributed by atoms with Gasteiger partial charge in [-0.2, -0.15) is 0 Å². The van der Waals surface area contributed by atoms with E-state index in [2.05, 4.69) is 34.7 Å². The summed E-state index contributed by atoms with van der Waals surface area (Å²) in [6.07, 6.45) is 13.1. The van der Waals surface area contributed by atoms with Crippen LogP contribution in [0.1, 0.15) is 48.1 Å². The SMILES string of the molecule is O=c1c2c3c(sc2ncn1CCc1c[nH]c2ccccc12)CC(NC1CCCC1)CC3. The average Bonchev–Trinajstić information content (AvgIpc) is 3.52. The second-order valence-electron chi connectivity index (χ2n) is 9.12. The van der Waals surface area contributed by atoms with Gasteiger partial charge in [0.2, 0.25) is 0 Å². The molecule has 5 nitrogen and oxygen atoms in total. The van der Waals surface area contributed by atoms with E-state index in [0.717, 1.165) is 41.4 Å². The van der Waals surface area contributed by atoms with Gasteiger partial charge < -0.3 is 10.3 Å². The van der Waals surface area contributed by atoms with Crippen molar-refractivity contribution in [3.8, 4) is 0 Å². The summed E-state index contributed by atoms with van der Waals surface area (Å²) in [6.45, 7) is 0.653. The molecule has 0 radical (unpaired) electrons. The highest BCUT2D eigenvalue weighted by Crippen LogP contribution is 2.34. The van der Waals surface area contributed by atoms with Crippen LogP contribution in [0.2, 0.25) is 0 Å². The third-order valence-electron chi connectivity index (χ3n) is 7.16.